The highest BCUT2D eigenvalue weighted by molar-refractivity contribution is 9.10. The van der Waals surface area contributed by atoms with Crippen molar-refractivity contribution in [3.63, 3.8) is 0 Å². The summed E-state index contributed by atoms with van der Waals surface area (Å²) in [6.45, 7) is 1.40. The Kier molecular flexibility index (Phi) is 7.87. The van der Waals surface area contributed by atoms with Crippen molar-refractivity contribution >= 4 is 39.7 Å². The van der Waals surface area contributed by atoms with E-state index in [1.807, 2.05) is 13.0 Å². The van der Waals surface area contributed by atoms with Crippen LogP contribution in [0.3, 0.4) is 0 Å². The summed E-state index contributed by atoms with van der Waals surface area (Å²) in [5.41, 5.74) is 3.79. The number of carbonyl (C=O) groups excluding carboxylic acids is 2. The number of hydrogen-bond donors (Lipinski definition) is 1. The maximum atomic E-state index is 12.5. The van der Waals surface area contributed by atoms with E-state index in [-0.39, 0.29) is 17.2 Å². The Morgan fingerprint density at radius 2 is 1.88 bits per heavy atom. The van der Waals surface area contributed by atoms with Gasteiger partial charge in [-0.1, -0.05) is 45.8 Å². The van der Waals surface area contributed by atoms with Crippen LogP contribution in [0.25, 0.3) is 0 Å². The Bertz CT molecular complexity index is 1230. The van der Waals surface area contributed by atoms with Crippen molar-refractivity contribution in [2.45, 2.75) is 6.92 Å². The van der Waals surface area contributed by atoms with Gasteiger partial charge in [0, 0.05) is 16.1 Å². The summed E-state index contributed by atoms with van der Waals surface area (Å²) in [6, 6.07) is 17.7. The quantitative estimate of drug-likeness (QED) is 0.157. The number of hydrazone groups is 1. The van der Waals surface area contributed by atoms with Crippen molar-refractivity contribution in [2.24, 2.45) is 5.10 Å². The van der Waals surface area contributed by atoms with E-state index in [0.29, 0.717) is 15.6 Å². The second-order valence-electron chi connectivity index (χ2n) is 6.75. The lowest BCUT2D eigenvalue weighted by atomic mass is 10.1. The van der Waals surface area contributed by atoms with E-state index in [2.05, 4.69) is 26.5 Å². The van der Waals surface area contributed by atoms with E-state index in [9.17, 15) is 19.7 Å². The van der Waals surface area contributed by atoms with Gasteiger partial charge in [-0.2, -0.15) is 5.10 Å². The van der Waals surface area contributed by atoms with E-state index in [1.165, 1.54) is 24.4 Å². The van der Waals surface area contributed by atoms with Gasteiger partial charge in [0.25, 0.3) is 5.91 Å². The van der Waals surface area contributed by atoms with Crippen LogP contribution in [0.4, 0.5) is 5.69 Å². The summed E-state index contributed by atoms with van der Waals surface area (Å²) in [7, 11) is 0. The number of amides is 1. The van der Waals surface area contributed by atoms with E-state index >= 15 is 0 Å². The van der Waals surface area contributed by atoms with Crippen LogP contribution in [-0.2, 0) is 4.79 Å². The number of nitro groups is 1. The van der Waals surface area contributed by atoms with Crippen molar-refractivity contribution in [3.8, 4) is 11.5 Å². The molecular formula is C23H18BrN3O6. The first-order valence-electron chi connectivity index (χ1n) is 9.60. The molecule has 0 heterocycles. The summed E-state index contributed by atoms with van der Waals surface area (Å²) in [5, 5.41) is 14.9. The molecule has 1 N–H and O–H groups in total. The third-order valence-electron chi connectivity index (χ3n) is 4.24. The predicted octanol–water partition coefficient (Wildman–Crippen LogP) is 4.41. The average Bonchev–Trinajstić information content (AvgIpc) is 2.79. The molecule has 0 aliphatic carbocycles. The second kappa shape index (κ2) is 11.0. The molecule has 168 valence electrons. The van der Waals surface area contributed by atoms with Crippen LogP contribution >= 0.6 is 15.9 Å². The van der Waals surface area contributed by atoms with Gasteiger partial charge in [0.05, 0.1) is 16.7 Å². The number of carbonyl (C=O) groups is 2. The topological polar surface area (TPSA) is 120 Å². The van der Waals surface area contributed by atoms with Gasteiger partial charge in [-0.05, 0) is 43.3 Å². The molecule has 0 saturated carbocycles. The van der Waals surface area contributed by atoms with Crippen LogP contribution < -0.4 is 14.9 Å². The lowest BCUT2D eigenvalue weighted by Crippen LogP contribution is -2.24. The van der Waals surface area contributed by atoms with Gasteiger partial charge < -0.3 is 9.47 Å². The molecule has 0 aliphatic rings. The minimum absolute atomic E-state index is 0.0287. The minimum Gasteiger partial charge on any atom is -0.477 e. The van der Waals surface area contributed by atoms with E-state index in [4.69, 9.17) is 9.47 Å². The van der Waals surface area contributed by atoms with Crippen LogP contribution in [-0.4, -0.2) is 29.6 Å². The standard InChI is InChI=1S/C23H18BrN3O6/c1-15-5-4-6-16(11-15)23(29)33-20-10-9-18(24)12-17(20)13-25-26-22(28)14-32-21-8-3-2-7-19(21)27(30)31/h2-13H,14H2,1H3,(H,26,28). The van der Waals surface area contributed by atoms with Crippen molar-refractivity contribution in [3.05, 3.63) is 98.0 Å². The maximum Gasteiger partial charge on any atom is 0.343 e. The first-order chi connectivity index (χ1) is 15.8. The van der Waals surface area contributed by atoms with E-state index in [1.54, 1.807) is 42.5 Å². The molecule has 33 heavy (non-hydrogen) atoms. The summed E-state index contributed by atoms with van der Waals surface area (Å²) in [5.74, 6) is -0.937. The zero-order chi connectivity index (χ0) is 23.8. The molecule has 3 aromatic carbocycles. The molecule has 9 nitrogen and oxygen atoms in total. The van der Waals surface area contributed by atoms with Crippen LogP contribution in [0.1, 0.15) is 21.5 Å². The Balaban J connectivity index is 1.64. The first kappa shape index (κ1) is 23.6. The lowest BCUT2D eigenvalue weighted by molar-refractivity contribution is -0.385. The smallest absolute Gasteiger partial charge is 0.343 e. The van der Waals surface area contributed by atoms with Crippen LogP contribution in [0.2, 0.25) is 0 Å². The third kappa shape index (κ3) is 6.71. The molecule has 0 fully saturated rings. The second-order valence-corrected chi connectivity index (χ2v) is 7.66. The SMILES string of the molecule is Cc1cccc(C(=O)Oc2ccc(Br)cc2C=NNC(=O)COc2ccccc2[N+](=O)[O-])c1. The monoisotopic (exact) mass is 511 g/mol. The molecule has 0 radical (unpaired) electrons. The van der Waals surface area contributed by atoms with Gasteiger partial charge in [-0.3, -0.25) is 14.9 Å². The van der Waals surface area contributed by atoms with Crippen molar-refractivity contribution < 1.29 is 24.0 Å². The average molecular weight is 512 g/mol. The molecule has 0 bridgehead atoms. The summed E-state index contributed by atoms with van der Waals surface area (Å²) < 4.78 is 11.4. The number of halogens is 1. The van der Waals surface area contributed by atoms with Gasteiger partial charge in [0.1, 0.15) is 5.75 Å². The van der Waals surface area contributed by atoms with Gasteiger partial charge in [0.2, 0.25) is 0 Å². The normalized spacial score (nSPS) is 10.6. The molecule has 0 aliphatic heterocycles. The molecule has 0 unspecified atom stereocenters. The zero-order valence-corrected chi connectivity index (χ0v) is 18.9. The minimum atomic E-state index is -0.627. The Labute approximate surface area is 197 Å². The van der Waals surface area contributed by atoms with Crippen molar-refractivity contribution in [2.75, 3.05) is 6.61 Å². The zero-order valence-electron chi connectivity index (χ0n) is 17.4. The largest absolute Gasteiger partial charge is 0.477 e. The van der Waals surface area contributed by atoms with Gasteiger partial charge in [-0.15, -0.1) is 0 Å². The summed E-state index contributed by atoms with van der Waals surface area (Å²) in [4.78, 5) is 34.9. The number of hydrogen-bond acceptors (Lipinski definition) is 7. The van der Waals surface area contributed by atoms with Crippen LogP contribution in [0.15, 0.2) is 76.3 Å². The fraction of sp³-hybridized carbons (Fsp3) is 0.0870. The first-order valence-corrected chi connectivity index (χ1v) is 10.4. The number of ether oxygens (including phenoxy) is 2. The Morgan fingerprint density at radius 1 is 1.09 bits per heavy atom. The molecule has 3 aromatic rings. The fourth-order valence-electron chi connectivity index (χ4n) is 2.72. The number of nitrogens with one attached hydrogen (secondary N) is 1. The molecule has 0 saturated heterocycles. The molecule has 0 atom stereocenters. The molecule has 3 rings (SSSR count). The van der Waals surface area contributed by atoms with E-state index in [0.717, 1.165) is 5.56 Å². The fourth-order valence-corrected chi connectivity index (χ4v) is 3.10. The predicted molar refractivity (Wildman–Crippen MR) is 125 cm³/mol. The van der Waals surface area contributed by atoms with Gasteiger partial charge in [-0.25, -0.2) is 10.2 Å². The highest BCUT2D eigenvalue weighted by Crippen LogP contribution is 2.25. The number of nitrogens with zero attached hydrogens (tertiary/aromatic N) is 2. The Hall–Kier alpha value is -4.05. The van der Waals surface area contributed by atoms with Crippen molar-refractivity contribution in [1.82, 2.24) is 5.43 Å². The van der Waals surface area contributed by atoms with Crippen LogP contribution in [0.5, 0.6) is 11.5 Å². The molecule has 1 amide bonds. The van der Waals surface area contributed by atoms with E-state index < -0.39 is 23.4 Å². The molecule has 0 aromatic heterocycles. The molecular weight excluding hydrogens is 494 g/mol. The highest BCUT2D eigenvalue weighted by Gasteiger charge is 2.15. The maximum absolute atomic E-state index is 12.5. The Morgan fingerprint density at radius 3 is 2.64 bits per heavy atom. The highest BCUT2D eigenvalue weighted by atomic mass is 79.9. The summed E-state index contributed by atoms with van der Waals surface area (Å²) >= 11 is 3.34. The van der Waals surface area contributed by atoms with Crippen molar-refractivity contribution in [1.29, 1.82) is 0 Å². The van der Waals surface area contributed by atoms with Crippen LogP contribution in [0, 0.1) is 17.0 Å². The lowest BCUT2D eigenvalue weighted by Gasteiger charge is -2.09. The molecule has 10 heteroatoms. The number of aryl methyl sites for hydroxylation is 1. The summed E-state index contributed by atoms with van der Waals surface area (Å²) in [6.07, 6.45) is 1.31. The molecule has 0 spiro atoms. The third-order valence-corrected chi connectivity index (χ3v) is 4.74. The number of esters is 1. The number of para-hydroxylation sites is 2. The van der Waals surface area contributed by atoms with Gasteiger partial charge in [0.15, 0.2) is 12.4 Å². The number of rotatable bonds is 8. The van der Waals surface area contributed by atoms with Gasteiger partial charge >= 0.3 is 11.7 Å². The number of nitro benzene ring substituents is 1. The number of benzene rings is 3.